The van der Waals surface area contributed by atoms with E-state index in [4.69, 9.17) is 0 Å². The number of anilines is 1. The summed E-state index contributed by atoms with van der Waals surface area (Å²) in [7, 11) is 1.94. The molecule has 1 unspecified atom stereocenters. The molecule has 1 atom stereocenters. The van der Waals surface area contributed by atoms with Gasteiger partial charge in [-0.3, -0.25) is 9.67 Å². The van der Waals surface area contributed by atoms with Crippen LogP contribution in [0.2, 0.25) is 0 Å². The topological polar surface area (TPSA) is 42.7 Å². The van der Waals surface area contributed by atoms with Gasteiger partial charge in [0.15, 0.2) is 0 Å². The molecular weight excluding hydrogens is 200 g/mol. The van der Waals surface area contributed by atoms with E-state index in [0.29, 0.717) is 0 Å². The predicted octanol–water partition coefficient (Wildman–Crippen LogP) is 2.30. The molecular formula is C12H16N4. The summed E-state index contributed by atoms with van der Waals surface area (Å²) in [5.41, 5.74) is 3.44. The predicted molar refractivity (Wildman–Crippen MR) is 64.2 cm³/mol. The zero-order chi connectivity index (χ0) is 11.5. The van der Waals surface area contributed by atoms with Crippen LogP contribution >= 0.6 is 0 Å². The molecule has 0 saturated heterocycles. The van der Waals surface area contributed by atoms with Gasteiger partial charge in [0, 0.05) is 25.5 Å². The maximum atomic E-state index is 4.20. The Morgan fingerprint density at radius 3 is 2.56 bits per heavy atom. The number of hydrogen-bond acceptors (Lipinski definition) is 3. The second kappa shape index (κ2) is 4.35. The fourth-order valence-corrected chi connectivity index (χ4v) is 1.61. The van der Waals surface area contributed by atoms with E-state index in [0.717, 1.165) is 11.4 Å². The average Bonchev–Trinajstić information content (AvgIpc) is 2.62. The number of aryl methyl sites for hydroxylation is 1. The lowest BCUT2D eigenvalue weighted by Crippen LogP contribution is -2.07. The van der Waals surface area contributed by atoms with Gasteiger partial charge in [0.25, 0.3) is 0 Å². The van der Waals surface area contributed by atoms with Crippen molar-refractivity contribution in [2.24, 2.45) is 7.05 Å². The van der Waals surface area contributed by atoms with E-state index >= 15 is 0 Å². The Balaban J connectivity index is 2.14. The Bertz CT molecular complexity index is 461. The van der Waals surface area contributed by atoms with E-state index in [-0.39, 0.29) is 6.04 Å². The molecule has 2 aromatic rings. The number of aromatic nitrogens is 3. The summed E-state index contributed by atoms with van der Waals surface area (Å²) in [5, 5.41) is 7.64. The van der Waals surface area contributed by atoms with E-state index in [1.165, 1.54) is 5.56 Å². The van der Waals surface area contributed by atoms with Crippen molar-refractivity contribution >= 4 is 5.69 Å². The van der Waals surface area contributed by atoms with Crippen LogP contribution in [-0.2, 0) is 7.05 Å². The molecule has 0 fully saturated rings. The first-order valence-electron chi connectivity index (χ1n) is 5.33. The first kappa shape index (κ1) is 10.7. The van der Waals surface area contributed by atoms with Gasteiger partial charge in [-0.05, 0) is 31.5 Å². The molecule has 0 saturated carbocycles. The van der Waals surface area contributed by atoms with Gasteiger partial charge in [-0.1, -0.05) is 0 Å². The monoisotopic (exact) mass is 216 g/mol. The second-order valence-electron chi connectivity index (χ2n) is 3.91. The maximum Gasteiger partial charge on any atom is 0.0760 e. The highest BCUT2D eigenvalue weighted by atomic mass is 15.3. The third kappa shape index (κ3) is 2.05. The normalized spacial score (nSPS) is 12.4. The molecule has 0 radical (unpaired) electrons. The molecule has 2 heterocycles. The summed E-state index contributed by atoms with van der Waals surface area (Å²) in [4.78, 5) is 4.01. The molecule has 2 rings (SSSR count). The zero-order valence-corrected chi connectivity index (χ0v) is 9.81. The van der Waals surface area contributed by atoms with Crippen molar-refractivity contribution in [2.75, 3.05) is 5.32 Å². The van der Waals surface area contributed by atoms with Gasteiger partial charge in [0.1, 0.15) is 0 Å². The summed E-state index contributed by atoms with van der Waals surface area (Å²) in [6, 6.07) is 4.29. The average molecular weight is 216 g/mol. The fourth-order valence-electron chi connectivity index (χ4n) is 1.61. The third-order valence-corrected chi connectivity index (χ3v) is 2.81. The molecule has 16 heavy (non-hydrogen) atoms. The summed E-state index contributed by atoms with van der Waals surface area (Å²) in [5.74, 6) is 0. The molecule has 1 N–H and O–H groups in total. The molecule has 0 amide bonds. The minimum absolute atomic E-state index is 0.255. The molecule has 4 heteroatoms. The summed E-state index contributed by atoms with van der Waals surface area (Å²) in [6.07, 6.45) is 5.47. The van der Waals surface area contributed by atoms with Crippen molar-refractivity contribution in [3.05, 3.63) is 42.0 Å². The number of rotatable bonds is 3. The summed E-state index contributed by atoms with van der Waals surface area (Å²) >= 11 is 0. The lowest BCUT2D eigenvalue weighted by atomic mass is 10.1. The van der Waals surface area contributed by atoms with E-state index in [1.807, 2.05) is 42.5 Å². The molecule has 0 bridgehead atoms. The van der Waals surface area contributed by atoms with Crippen LogP contribution < -0.4 is 5.32 Å². The Morgan fingerprint density at radius 2 is 2.00 bits per heavy atom. The minimum Gasteiger partial charge on any atom is -0.376 e. The van der Waals surface area contributed by atoms with Crippen LogP contribution in [0.4, 0.5) is 5.69 Å². The molecule has 0 aliphatic heterocycles. The van der Waals surface area contributed by atoms with Gasteiger partial charge >= 0.3 is 0 Å². The van der Waals surface area contributed by atoms with Crippen LogP contribution in [0.25, 0.3) is 0 Å². The maximum absolute atomic E-state index is 4.20. The Morgan fingerprint density at radius 1 is 1.31 bits per heavy atom. The van der Waals surface area contributed by atoms with Crippen molar-refractivity contribution in [1.29, 1.82) is 0 Å². The molecule has 0 aromatic carbocycles. The molecule has 0 aliphatic rings. The smallest absolute Gasteiger partial charge is 0.0760 e. The van der Waals surface area contributed by atoms with Gasteiger partial charge < -0.3 is 5.32 Å². The van der Waals surface area contributed by atoms with Crippen molar-refractivity contribution in [1.82, 2.24) is 14.8 Å². The number of nitrogens with zero attached hydrogens (tertiary/aromatic N) is 3. The highest BCUT2D eigenvalue weighted by molar-refractivity contribution is 5.47. The molecule has 84 valence electrons. The largest absolute Gasteiger partial charge is 0.376 e. The molecule has 2 aromatic heterocycles. The van der Waals surface area contributed by atoms with Gasteiger partial charge in [0.2, 0.25) is 0 Å². The van der Waals surface area contributed by atoms with Crippen LogP contribution in [0.3, 0.4) is 0 Å². The van der Waals surface area contributed by atoms with Gasteiger partial charge in [-0.15, -0.1) is 0 Å². The quantitative estimate of drug-likeness (QED) is 0.856. The molecule has 0 spiro atoms. The van der Waals surface area contributed by atoms with Crippen LogP contribution in [0, 0.1) is 6.92 Å². The first-order chi connectivity index (χ1) is 7.68. The Kier molecular flexibility index (Phi) is 2.90. The van der Waals surface area contributed by atoms with Crippen molar-refractivity contribution in [3.63, 3.8) is 0 Å². The molecule has 4 nitrogen and oxygen atoms in total. The lowest BCUT2D eigenvalue weighted by molar-refractivity contribution is 0.739. The minimum atomic E-state index is 0.255. The van der Waals surface area contributed by atoms with E-state index in [1.54, 1.807) is 0 Å². The second-order valence-corrected chi connectivity index (χ2v) is 3.91. The summed E-state index contributed by atoms with van der Waals surface area (Å²) < 4.78 is 1.86. The van der Waals surface area contributed by atoms with Gasteiger partial charge in [-0.25, -0.2) is 0 Å². The van der Waals surface area contributed by atoms with Gasteiger partial charge in [0.05, 0.1) is 17.6 Å². The fraction of sp³-hybridized carbons (Fsp3) is 0.333. The number of nitrogens with one attached hydrogen (secondary N) is 1. The number of hydrogen-bond donors (Lipinski definition) is 1. The standard InChI is InChI=1S/C12H16N4/c1-9(11-4-6-13-7-5-11)15-12-8-14-16(3)10(12)2/h4-9,15H,1-3H3. The Labute approximate surface area is 95.3 Å². The van der Waals surface area contributed by atoms with Gasteiger partial charge in [-0.2, -0.15) is 5.10 Å². The van der Waals surface area contributed by atoms with Crippen LogP contribution in [0.1, 0.15) is 24.2 Å². The van der Waals surface area contributed by atoms with Crippen LogP contribution in [0.5, 0.6) is 0 Å². The molecule has 0 aliphatic carbocycles. The van der Waals surface area contributed by atoms with Crippen molar-refractivity contribution in [3.8, 4) is 0 Å². The van der Waals surface area contributed by atoms with Crippen molar-refractivity contribution in [2.45, 2.75) is 19.9 Å². The van der Waals surface area contributed by atoms with Crippen molar-refractivity contribution < 1.29 is 0 Å². The first-order valence-corrected chi connectivity index (χ1v) is 5.33. The van der Waals surface area contributed by atoms with E-state index < -0.39 is 0 Å². The van der Waals surface area contributed by atoms with Crippen LogP contribution in [0.15, 0.2) is 30.7 Å². The Hall–Kier alpha value is -1.84. The highest BCUT2D eigenvalue weighted by Crippen LogP contribution is 2.20. The summed E-state index contributed by atoms with van der Waals surface area (Å²) in [6.45, 7) is 4.18. The zero-order valence-electron chi connectivity index (χ0n) is 9.81. The third-order valence-electron chi connectivity index (χ3n) is 2.81. The highest BCUT2D eigenvalue weighted by Gasteiger charge is 2.08. The van der Waals surface area contributed by atoms with E-state index in [9.17, 15) is 0 Å². The number of pyridine rings is 1. The van der Waals surface area contributed by atoms with E-state index in [2.05, 4.69) is 29.2 Å². The SMILES string of the molecule is Cc1c(NC(C)c2ccncc2)cnn1C. The van der Waals surface area contributed by atoms with Crippen LogP contribution in [-0.4, -0.2) is 14.8 Å². The lowest BCUT2D eigenvalue weighted by Gasteiger charge is -2.14.